The Morgan fingerprint density at radius 1 is 0.833 bits per heavy atom. The molecule has 4 nitrogen and oxygen atoms in total. The zero-order valence-corrected chi connectivity index (χ0v) is 21.6. The highest BCUT2D eigenvalue weighted by Gasteiger charge is 2.70. The molecule has 0 aromatic heterocycles. The fraction of sp³-hybridized carbons (Fsp3) is 0.562. The number of fused-ring (bicyclic) bond motifs is 5. The first-order valence-corrected chi connectivity index (χ1v) is 13.8. The maximum Gasteiger partial charge on any atom is 0.119 e. The van der Waals surface area contributed by atoms with Gasteiger partial charge in [0, 0.05) is 5.41 Å². The Morgan fingerprint density at radius 2 is 1.58 bits per heavy atom. The minimum Gasteiger partial charge on any atom is -0.489 e. The molecule has 2 aromatic rings. The number of aliphatic hydroxyl groups is 3. The smallest absolute Gasteiger partial charge is 0.119 e. The largest absolute Gasteiger partial charge is 0.489 e. The summed E-state index contributed by atoms with van der Waals surface area (Å²) in [7, 11) is 0. The van der Waals surface area contributed by atoms with Gasteiger partial charge in [-0.05, 0) is 97.5 Å². The molecule has 0 saturated heterocycles. The molecule has 0 radical (unpaired) electrons. The van der Waals surface area contributed by atoms with Crippen molar-refractivity contribution < 1.29 is 20.1 Å². The van der Waals surface area contributed by atoms with Gasteiger partial charge >= 0.3 is 0 Å². The van der Waals surface area contributed by atoms with Crippen molar-refractivity contribution in [3.8, 4) is 5.75 Å². The summed E-state index contributed by atoms with van der Waals surface area (Å²) in [6.45, 7) is 5.00. The normalized spacial score (nSPS) is 43.4. The monoisotopic (exact) mass is 488 g/mol. The van der Waals surface area contributed by atoms with Gasteiger partial charge in [0.2, 0.25) is 0 Å². The van der Waals surface area contributed by atoms with Gasteiger partial charge in [0.1, 0.15) is 18.0 Å². The molecule has 3 saturated carbocycles. The average molecular weight is 489 g/mol. The topological polar surface area (TPSA) is 69.9 Å². The first-order valence-electron chi connectivity index (χ1n) is 13.8. The Morgan fingerprint density at radius 3 is 2.33 bits per heavy atom. The molecule has 0 heterocycles. The molecule has 0 unspecified atom stereocenters. The van der Waals surface area contributed by atoms with Crippen molar-refractivity contribution in [3.05, 3.63) is 77.9 Å². The molecule has 192 valence electrons. The van der Waals surface area contributed by atoms with Gasteiger partial charge in [-0.3, -0.25) is 0 Å². The predicted octanol–water partition coefficient (Wildman–Crippen LogP) is 5.75. The van der Waals surface area contributed by atoms with Gasteiger partial charge in [-0.2, -0.15) is 0 Å². The maximum atomic E-state index is 12.4. The van der Waals surface area contributed by atoms with E-state index >= 15 is 0 Å². The lowest BCUT2D eigenvalue weighted by atomic mass is 9.42. The number of ether oxygens (including phenoxy) is 1. The molecule has 4 heteroatoms. The van der Waals surface area contributed by atoms with Crippen molar-refractivity contribution in [2.45, 2.75) is 82.7 Å². The molecule has 6 rings (SSSR count). The van der Waals surface area contributed by atoms with Gasteiger partial charge in [0.25, 0.3) is 0 Å². The van der Waals surface area contributed by atoms with E-state index in [0.29, 0.717) is 18.4 Å². The third kappa shape index (κ3) is 3.37. The molecular weight excluding hydrogens is 448 g/mol. The van der Waals surface area contributed by atoms with Gasteiger partial charge in [-0.25, -0.2) is 0 Å². The van der Waals surface area contributed by atoms with Crippen molar-refractivity contribution in [2.75, 3.05) is 0 Å². The van der Waals surface area contributed by atoms with Crippen LogP contribution in [0.1, 0.15) is 69.9 Å². The number of hydrogen-bond acceptors (Lipinski definition) is 4. The summed E-state index contributed by atoms with van der Waals surface area (Å²) in [5.74, 6) is 1.85. The number of rotatable bonds is 4. The molecule has 0 spiro atoms. The van der Waals surface area contributed by atoms with Crippen LogP contribution in [-0.2, 0) is 12.2 Å². The Hall–Kier alpha value is -2.14. The van der Waals surface area contributed by atoms with E-state index in [9.17, 15) is 15.3 Å². The summed E-state index contributed by atoms with van der Waals surface area (Å²) in [4.78, 5) is 0. The van der Waals surface area contributed by atoms with Crippen LogP contribution in [0.3, 0.4) is 0 Å². The van der Waals surface area contributed by atoms with E-state index in [-0.39, 0.29) is 17.4 Å². The summed E-state index contributed by atoms with van der Waals surface area (Å²) < 4.78 is 5.97. The lowest BCUT2D eigenvalue weighted by Crippen LogP contribution is -2.65. The molecule has 36 heavy (non-hydrogen) atoms. The van der Waals surface area contributed by atoms with E-state index in [2.05, 4.69) is 13.8 Å². The van der Waals surface area contributed by atoms with Crippen molar-refractivity contribution in [1.82, 2.24) is 0 Å². The molecular formula is C32H40O4. The van der Waals surface area contributed by atoms with E-state index in [0.717, 1.165) is 61.8 Å². The van der Waals surface area contributed by atoms with Crippen molar-refractivity contribution in [1.29, 1.82) is 0 Å². The zero-order chi connectivity index (χ0) is 25.2. The molecule has 0 amide bonds. The van der Waals surface area contributed by atoms with E-state index in [4.69, 9.17) is 4.74 Å². The van der Waals surface area contributed by atoms with E-state index in [1.807, 2.05) is 66.7 Å². The lowest BCUT2D eigenvalue weighted by Gasteiger charge is -2.64. The highest BCUT2D eigenvalue weighted by molar-refractivity contribution is 5.43. The van der Waals surface area contributed by atoms with Gasteiger partial charge in [-0.15, -0.1) is 0 Å². The molecule has 3 fully saturated rings. The van der Waals surface area contributed by atoms with Crippen LogP contribution in [0.4, 0.5) is 0 Å². The quantitative estimate of drug-likeness (QED) is 0.480. The van der Waals surface area contributed by atoms with E-state index in [1.165, 1.54) is 0 Å². The summed E-state index contributed by atoms with van der Waals surface area (Å²) in [6.07, 6.45) is 10.2. The van der Waals surface area contributed by atoms with Crippen LogP contribution in [0.2, 0.25) is 0 Å². The van der Waals surface area contributed by atoms with Crippen LogP contribution in [0.25, 0.3) is 0 Å². The lowest BCUT2D eigenvalue weighted by molar-refractivity contribution is -0.227. The molecule has 0 aliphatic heterocycles. The molecule has 3 N–H and O–H groups in total. The minimum atomic E-state index is -1.23. The van der Waals surface area contributed by atoms with Crippen LogP contribution in [-0.4, -0.2) is 27.0 Å². The second kappa shape index (κ2) is 8.44. The van der Waals surface area contributed by atoms with E-state index in [1.54, 1.807) is 0 Å². The summed E-state index contributed by atoms with van der Waals surface area (Å²) in [5.41, 5.74) is -0.883. The van der Waals surface area contributed by atoms with Crippen LogP contribution >= 0.6 is 0 Å². The summed E-state index contributed by atoms with van der Waals surface area (Å²) >= 11 is 0. The third-order valence-electron chi connectivity index (χ3n) is 11.0. The fourth-order valence-electron chi connectivity index (χ4n) is 8.68. The van der Waals surface area contributed by atoms with Crippen LogP contribution in [0, 0.1) is 28.6 Å². The highest BCUT2D eigenvalue weighted by Crippen LogP contribution is 2.69. The molecule has 2 aromatic carbocycles. The van der Waals surface area contributed by atoms with Crippen molar-refractivity contribution >= 4 is 0 Å². The van der Waals surface area contributed by atoms with Crippen molar-refractivity contribution in [2.24, 2.45) is 28.6 Å². The highest BCUT2D eigenvalue weighted by atomic mass is 16.5. The second-order valence-electron chi connectivity index (χ2n) is 12.5. The van der Waals surface area contributed by atoms with Gasteiger partial charge in [0.05, 0.1) is 11.7 Å². The average Bonchev–Trinajstić information content (AvgIpc) is 3.11. The van der Waals surface area contributed by atoms with Gasteiger partial charge in [-0.1, -0.05) is 62.4 Å². The minimum absolute atomic E-state index is 0.131. The van der Waals surface area contributed by atoms with E-state index < -0.39 is 16.6 Å². The zero-order valence-electron chi connectivity index (χ0n) is 21.6. The number of benzene rings is 2. The number of aliphatic hydroxyl groups excluding tert-OH is 1. The molecule has 0 bridgehead atoms. The van der Waals surface area contributed by atoms with Crippen LogP contribution < -0.4 is 4.74 Å². The fourth-order valence-corrected chi connectivity index (χ4v) is 8.68. The Bertz CT molecular complexity index is 1130. The van der Waals surface area contributed by atoms with Gasteiger partial charge in [0.15, 0.2) is 0 Å². The van der Waals surface area contributed by atoms with Crippen LogP contribution in [0.5, 0.6) is 5.75 Å². The Kier molecular flexibility index (Phi) is 5.68. The summed E-state index contributed by atoms with van der Waals surface area (Å²) in [5, 5.41) is 34.8. The Balaban J connectivity index is 1.24. The molecule has 4 aliphatic rings. The standard InChI is InChI=1S/C32H40O4/c1-29-16-14-25(33)20-24(29)10-13-28-27(29)15-17-30(2)31(34,18-19-32(28,30)35)23-8-11-26(12-9-23)36-21-22-6-4-3-5-7-22/h3-9,11-12,18-19,24-25,27-28,33-35H,10,13-17,20-21H2,1-2H3/t24-,25+,27+,28-,29+,30-,31+,32+/m1/s1. The van der Waals surface area contributed by atoms with Crippen molar-refractivity contribution in [3.63, 3.8) is 0 Å². The third-order valence-corrected chi connectivity index (χ3v) is 11.0. The second-order valence-corrected chi connectivity index (χ2v) is 12.5. The molecule has 8 atom stereocenters. The predicted molar refractivity (Wildman–Crippen MR) is 140 cm³/mol. The van der Waals surface area contributed by atoms with Crippen LogP contribution in [0.15, 0.2) is 66.7 Å². The van der Waals surface area contributed by atoms with Gasteiger partial charge < -0.3 is 20.1 Å². The first-order chi connectivity index (χ1) is 17.2. The Labute approximate surface area is 215 Å². The SMILES string of the molecule is C[C@]12CC[C@H](O)C[C@H]1CC[C@@H]1[C@@H]2CC[C@]2(C)[C@@](O)(c3ccc(OCc4ccccc4)cc3)C=C[C@]12O. The molecule has 4 aliphatic carbocycles. The first kappa shape index (κ1) is 24.2. The maximum absolute atomic E-state index is 12.4. The number of hydrogen-bond donors (Lipinski definition) is 3. The summed E-state index contributed by atoms with van der Waals surface area (Å²) in [6, 6.07) is 17.9.